The monoisotopic (exact) mass is 322 g/mol. The first-order valence-corrected chi connectivity index (χ1v) is 6.49. The second-order valence-corrected chi connectivity index (χ2v) is 4.56. The first-order valence-electron chi connectivity index (χ1n) is 6.49. The molecule has 0 saturated heterocycles. The molecule has 2 N–H and O–H groups in total. The molecule has 4 heteroatoms. The van der Waals surface area contributed by atoms with Crippen molar-refractivity contribution in [2.45, 2.75) is 81.4 Å². The van der Waals surface area contributed by atoms with Crippen LogP contribution in [0.2, 0.25) is 0 Å². The van der Waals surface area contributed by atoms with Crippen LogP contribution in [-0.4, -0.2) is 47.8 Å². The minimum Gasteiger partial charge on any atom is -0.394 e. The average molecular weight is 323 g/mol. The summed E-state index contributed by atoms with van der Waals surface area (Å²) in [6.07, 6.45) is 1.47. The number of aliphatic hydroxyl groups excluding tert-OH is 2. The van der Waals surface area contributed by atoms with Gasteiger partial charge < -0.3 is 19.7 Å². The Kier molecular flexibility index (Phi) is 25.2. The van der Waals surface area contributed by atoms with Gasteiger partial charge in [-0.05, 0) is 26.7 Å². The molecule has 0 radical (unpaired) electrons. The zero-order valence-electron chi connectivity index (χ0n) is 12.0. The smallest absolute Gasteiger partial charge is 0.125 e. The maximum Gasteiger partial charge on any atom is 0.125 e. The summed E-state index contributed by atoms with van der Waals surface area (Å²) in [5, 5.41) is 17.6. The molecule has 0 aromatic carbocycles. The third-order valence-corrected chi connectivity index (χ3v) is 2.96. The molecule has 2 atom stereocenters. The molecule has 22 heavy (non-hydrogen) atoms. The highest BCUT2D eigenvalue weighted by molar-refractivity contribution is 5.20. The van der Waals surface area contributed by atoms with E-state index in [1.54, 1.807) is 0 Å². The third kappa shape index (κ3) is 13.1. The maximum atomic E-state index is 8.79. The lowest BCUT2D eigenvalue weighted by Gasteiger charge is -2.25. The zero-order valence-corrected chi connectivity index (χ0v) is 12.0. The summed E-state index contributed by atoms with van der Waals surface area (Å²) in [6.45, 7) is 8.31. The highest BCUT2D eigenvalue weighted by atomic mass is 16.5. The topological polar surface area (TPSA) is 58.9 Å². The molecule has 138 valence electrons. The summed E-state index contributed by atoms with van der Waals surface area (Å²) in [4.78, 5) is 0. The van der Waals surface area contributed by atoms with Gasteiger partial charge in [-0.15, -0.1) is 0 Å². The van der Waals surface area contributed by atoms with Crippen molar-refractivity contribution in [1.82, 2.24) is 0 Å². The second-order valence-electron chi connectivity index (χ2n) is 4.56. The van der Waals surface area contributed by atoms with Gasteiger partial charge in [0.15, 0.2) is 0 Å². The van der Waals surface area contributed by atoms with E-state index in [0.717, 1.165) is 12.8 Å². The largest absolute Gasteiger partial charge is 0.394 e. The molecule has 0 aliphatic heterocycles. The van der Waals surface area contributed by atoms with E-state index in [2.05, 4.69) is 11.8 Å². The van der Waals surface area contributed by atoms with Gasteiger partial charge in [0.1, 0.15) is 11.2 Å². The molecule has 0 rings (SSSR count). The van der Waals surface area contributed by atoms with Crippen LogP contribution < -0.4 is 0 Å². The fraction of sp³-hybridized carbons (Fsp3) is 0.889. The molecule has 0 aliphatic rings. The van der Waals surface area contributed by atoms with E-state index < -0.39 is 11.2 Å². The molecule has 0 bridgehead atoms. The van der Waals surface area contributed by atoms with Crippen molar-refractivity contribution in [3.05, 3.63) is 0 Å². The number of hydrogen-bond acceptors (Lipinski definition) is 4. The molecule has 0 amide bonds. The lowest BCUT2D eigenvalue weighted by Crippen LogP contribution is -2.31. The molecule has 0 spiro atoms. The molecule has 0 aliphatic carbocycles. The zero-order chi connectivity index (χ0) is 14.1. The highest BCUT2D eigenvalue weighted by Gasteiger charge is 2.23. The van der Waals surface area contributed by atoms with Crippen molar-refractivity contribution in [2.24, 2.45) is 0 Å². The van der Waals surface area contributed by atoms with Gasteiger partial charge in [0.05, 0.1) is 26.4 Å². The standard InChI is InChI=1S/C14H26O4.4CH4/c1-5-13(3,17-11-9-15)7-8-14(4,6-2)18-12-10-16;;;;/h15-16H,5-6,9-12H2,1-4H3;4*1H4. The molecule has 0 aromatic rings. The van der Waals surface area contributed by atoms with Crippen molar-refractivity contribution >= 4 is 0 Å². The van der Waals surface area contributed by atoms with Gasteiger partial charge >= 0.3 is 0 Å². The Morgan fingerprint density at radius 3 is 1.18 bits per heavy atom. The molecule has 4 nitrogen and oxygen atoms in total. The van der Waals surface area contributed by atoms with Crippen molar-refractivity contribution in [3.8, 4) is 11.8 Å². The van der Waals surface area contributed by atoms with Crippen LogP contribution >= 0.6 is 0 Å². The van der Waals surface area contributed by atoms with Gasteiger partial charge in [-0.1, -0.05) is 55.4 Å². The van der Waals surface area contributed by atoms with Crippen LogP contribution in [0.5, 0.6) is 0 Å². The minimum absolute atomic E-state index is 0. The molecule has 0 saturated carbocycles. The van der Waals surface area contributed by atoms with E-state index >= 15 is 0 Å². The van der Waals surface area contributed by atoms with Crippen LogP contribution in [-0.2, 0) is 9.47 Å². The van der Waals surface area contributed by atoms with Crippen LogP contribution in [0.1, 0.15) is 70.2 Å². The Labute approximate surface area is 140 Å². The number of hydrogen-bond donors (Lipinski definition) is 2. The minimum atomic E-state index is -0.568. The lowest BCUT2D eigenvalue weighted by molar-refractivity contribution is -0.0156. The van der Waals surface area contributed by atoms with E-state index in [4.69, 9.17) is 19.7 Å². The van der Waals surface area contributed by atoms with Crippen molar-refractivity contribution in [3.63, 3.8) is 0 Å². The normalized spacial score (nSPS) is 14.3. The summed E-state index contributed by atoms with van der Waals surface area (Å²) in [5.74, 6) is 6.18. The van der Waals surface area contributed by atoms with Gasteiger partial charge in [0.2, 0.25) is 0 Å². The van der Waals surface area contributed by atoms with Crippen LogP contribution in [0.4, 0.5) is 0 Å². The van der Waals surface area contributed by atoms with Gasteiger partial charge in [0, 0.05) is 0 Å². The maximum absolute atomic E-state index is 8.79. The molecule has 0 aromatic heterocycles. The van der Waals surface area contributed by atoms with E-state index in [0.29, 0.717) is 0 Å². The Balaban J connectivity index is -0.000000241. The van der Waals surface area contributed by atoms with Gasteiger partial charge in [0.25, 0.3) is 0 Å². The van der Waals surface area contributed by atoms with Crippen LogP contribution in [0.3, 0.4) is 0 Å². The van der Waals surface area contributed by atoms with Gasteiger partial charge in [-0.2, -0.15) is 0 Å². The molecule has 0 fully saturated rings. The first-order chi connectivity index (χ1) is 8.45. The van der Waals surface area contributed by atoms with Gasteiger partial charge in [-0.25, -0.2) is 0 Å². The summed E-state index contributed by atoms with van der Waals surface area (Å²) < 4.78 is 11.1. The van der Waals surface area contributed by atoms with Crippen molar-refractivity contribution in [2.75, 3.05) is 26.4 Å². The van der Waals surface area contributed by atoms with E-state index in [9.17, 15) is 0 Å². The van der Waals surface area contributed by atoms with E-state index in [1.807, 2.05) is 27.7 Å². The Hall–Kier alpha value is -0.600. The summed E-state index contributed by atoms with van der Waals surface area (Å²) in [6, 6.07) is 0. The third-order valence-electron chi connectivity index (χ3n) is 2.96. The van der Waals surface area contributed by atoms with Crippen LogP contribution in [0, 0.1) is 11.8 Å². The number of rotatable bonds is 8. The quantitative estimate of drug-likeness (QED) is 0.666. The summed E-state index contributed by atoms with van der Waals surface area (Å²) >= 11 is 0. The second kappa shape index (κ2) is 16.8. The Bertz CT molecular complexity index is 257. The molecular weight excluding hydrogens is 280 g/mol. The van der Waals surface area contributed by atoms with E-state index in [1.165, 1.54) is 0 Å². The molecule has 2 unspecified atom stereocenters. The first kappa shape index (κ1) is 33.1. The Morgan fingerprint density at radius 2 is 1.00 bits per heavy atom. The average Bonchev–Trinajstić information content (AvgIpc) is 2.40. The van der Waals surface area contributed by atoms with Gasteiger partial charge in [-0.3, -0.25) is 0 Å². The van der Waals surface area contributed by atoms with E-state index in [-0.39, 0.29) is 56.1 Å². The number of aliphatic hydroxyl groups is 2. The Morgan fingerprint density at radius 1 is 0.727 bits per heavy atom. The predicted octanol–water partition coefficient (Wildman–Crippen LogP) is 3.89. The van der Waals surface area contributed by atoms with Crippen LogP contribution in [0.15, 0.2) is 0 Å². The van der Waals surface area contributed by atoms with Crippen molar-refractivity contribution in [1.29, 1.82) is 0 Å². The highest BCUT2D eigenvalue weighted by Crippen LogP contribution is 2.18. The predicted molar refractivity (Wildman–Crippen MR) is 98.2 cm³/mol. The lowest BCUT2D eigenvalue weighted by atomic mass is 9.99. The fourth-order valence-corrected chi connectivity index (χ4v) is 1.26. The van der Waals surface area contributed by atoms with Crippen LogP contribution in [0.25, 0.3) is 0 Å². The fourth-order valence-electron chi connectivity index (χ4n) is 1.26. The molecule has 0 heterocycles. The molecular formula is C18H42O4. The summed E-state index contributed by atoms with van der Waals surface area (Å²) in [7, 11) is 0. The number of ether oxygens (including phenoxy) is 2. The van der Waals surface area contributed by atoms with Crippen molar-refractivity contribution < 1.29 is 19.7 Å². The SMILES string of the molecule is C.C.C.C.CCC(C)(C#CC(C)(CC)OCCO)OCCO. The summed E-state index contributed by atoms with van der Waals surface area (Å²) in [5.41, 5.74) is -1.14.